The average molecular weight is 205 g/mol. The highest BCUT2D eigenvalue weighted by molar-refractivity contribution is 5.83. The van der Waals surface area contributed by atoms with Gasteiger partial charge in [0.2, 0.25) is 0 Å². The second kappa shape index (κ2) is 5.86. The summed E-state index contributed by atoms with van der Waals surface area (Å²) in [4.78, 5) is 11.0. The van der Waals surface area contributed by atoms with Crippen LogP contribution in [-0.4, -0.2) is 13.1 Å². The van der Waals surface area contributed by atoms with Crippen molar-refractivity contribution < 1.29 is 9.53 Å². The minimum atomic E-state index is -0.338. The summed E-state index contributed by atoms with van der Waals surface area (Å²) in [5, 5.41) is 3.15. The summed E-state index contributed by atoms with van der Waals surface area (Å²) >= 11 is 0. The standard InChI is InChI=1S/C12H15NO2/c1-3-10(9-12(14)15-2)13-11-7-5-4-6-8-11/h4-9,13H,3H2,1-2H3. The lowest BCUT2D eigenvalue weighted by Gasteiger charge is -2.08. The molecule has 0 aliphatic heterocycles. The van der Waals surface area contributed by atoms with Crippen molar-refractivity contribution in [1.29, 1.82) is 0 Å². The Morgan fingerprint density at radius 1 is 1.40 bits per heavy atom. The van der Waals surface area contributed by atoms with Crippen molar-refractivity contribution >= 4 is 11.7 Å². The van der Waals surface area contributed by atoms with Crippen molar-refractivity contribution in [1.82, 2.24) is 0 Å². The predicted octanol–water partition coefficient (Wildman–Crippen LogP) is 2.57. The van der Waals surface area contributed by atoms with Gasteiger partial charge in [0, 0.05) is 17.5 Å². The van der Waals surface area contributed by atoms with Crippen molar-refractivity contribution in [2.45, 2.75) is 13.3 Å². The maximum atomic E-state index is 11.0. The fourth-order valence-corrected chi connectivity index (χ4v) is 1.13. The van der Waals surface area contributed by atoms with Crippen LogP contribution in [0, 0.1) is 0 Å². The second-order valence-corrected chi connectivity index (χ2v) is 3.04. The molecular formula is C12H15NO2. The molecule has 1 N–H and O–H groups in total. The van der Waals surface area contributed by atoms with E-state index in [0.717, 1.165) is 17.8 Å². The van der Waals surface area contributed by atoms with Crippen molar-refractivity contribution in [3.63, 3.8) is 0 Å². The van der Waals surface area contributed by atoms with Crippen LogP contribution < -0.4 is 5.32 Å². The molecule has 0 saturated heterocycles. The van der Waals surface area contributed by atoms with Gasteiger partial charge in [0.25, 0.3) is 0 Å². The number of carbonyl (C=O) groups is 1. The summed E-state index contributed by atoms with van der Waals surface area (Å²) in [7, 11) is 1.37. The van der Waals surface area contributed by atoms with Gasteiger partial charge >= 0.3 is 5.97 Å². The van der Waals surface area contributed by atoms with Crippen LogP contribution in [0.5, 0.6) is 0 Å². The number of ether oxygens (including phenoxy) is 1. The van der Waals surface area contributed by atoms with Gasteiger partial charge in [-0.05, 0) is 18.6 Å². The number of rotatable bonds is 4. The molecule has 0 radical (unpaired) electrons. The van der Waals surface area contributed by atoms with Crippen molar-refractivity contribution in [3.05, 3.63) is 42.1 Å². The largest absolute Gasteiger partial charge is 0.466 e. The molecule has 0 bridgehead atoms. The first-order valence-electron chi connectivity index (χ1n) is 4.87. The number of hydrogen-bond acceptors (Lipinski definition) is 3. The van der Waals surface area contributed by atoms with E-state index in [-0.39, 0.29) is 5.97 Å². The Balaban J connectivity index is 2.70. The summed E-state index contributed by atoms with van der Waals surface area (Å²) in [6, 6.07) is 9.71. The molecule has 1 rings (SSSR count). The maximum Gasteiger partial charge on any atom is 0.332 e. The zero-order valence-electron chi connectivity index (χ0n) is 8.99. The molecule has 1 aromatic carbocycles. The van der Waals surface area contributed by atoms with Crippen LogP contribution in [0.4, 0.5) is 5.69 Å². The number of esters is 1. The van der Waals surface area contributed by atoms with Gasteiger partial charge in [-0.3, -0.25) is 0 Å². The summed E-state index contributed by atoms with van der Waals surface area (Å²) < 4.78 is 4.56. The minimum absolute atomic E-state index is 0.338. The molecule has 0 heterocycles. The molecule has 15 heavy (non-hydrogen) atoms. The van der Waals surface area contributed by atoms with E-state index in [1.807, 2.05) is 37.3 Å². The number of methoxy groups -OCH3 is 1. The molecule has 3 nitrogen and oxygen atoms in total. The van der Waals surface area contributed by atoms with Crippen LogP contribution in [0.1, 0.15) is 13.3 Å². The quantitative estimate of drug-likeness (QED) is 0.606. The predicted molar refractivity (Wildman–Crippen MR) is 60.5 cm³/mol. The molecule has 0 unspecified atom stereocenters. The molecule has 0 aromatic heterocycles. The molecule has 0 atom stereocenters. The zero-order chi connectivity index (χ0) is 11.1. The highest BCUT2D eigenvalue weighted by atomic mass is 16.5. The van der Waals surface area contributed by atoms with E-state index in [1.54, 1.807) is 0 Å². The number of benzene rings is 1. The van der Waals surface area contributed by atoms with E-state index in [2.05, 4.69) is 10.1 Å². The molecule has 80 valence electrons. The molecule has 0 aliphatic rings. The van der Waals surface area contributed by atoms with E-state index >= 15 is 0 Å². The van der Waals surface area contributed by atoms with Crippen LogP contribution in [0.25, 0.3) is 0 Å². The molecule has 0 fully saturated rings. The molecule has 1 aromatic rings. The smallest absolute Gasteiger partial charge is 0.332 e. The van der Waals surface area contributed by atoms with E-state index in [1.165, 1.54) is 13.2 Å². The number of hydrogen-bond donors (Lipinski definition) is 1. The molecule has 0 saturated carbocycles. The van der Waals surface area contributed by atoms with Crippen LogP contribution in [0.2, 0.25) is 0 Å². The average Bonchev–Trinajstić information content (AvgIpc) is 2.29. The third-order valence-electron chi connectivity index (χ3n) is 1.95. The summed E-state index contributed by atoms with van der Waals surface area (Å²) in [6.07, 6.45) is 2.22. The highest BCUT2D eigenvalue weighted by Crippen LogP contribution is 2.10. The van der Waals surface area contributed by atoms with Crippen LogP contribution in [0.15, 0.2) is 42.1 Å². The third-order valence-corrected chi connectivity index (χ3v) is 1.95. The van der Waals surface area contributed by atoms with Crippen LogP contribution in [-0.2, 0) is 9.53 Å². The Kier molecular flexibility index (Phi) is 4.41. The van der Waals surface area contributed by atoms with E-state index in [9.17, 15) is 4.79 Å². The molecule has 3 heteroatoms. The van der Waals surface area contributed by atoms with Crippen LogP contribution >= 0.6 is 0 Å². The number of anilines is 1. The number of nitrogens with one attached hydrogen (secondary N) is 1. The first-order valence-corrected chi connectivity index (χ1v) is 4.87. The first kappa shape index (κ1) is 11.3. The summed E-state index contributed by atoms with van der Waals surface area (Å²) in [6.45, 7) is 1.98. The Morgan fingerprint density at radius 3 is 2.60 bits per heavy atom. The van der Waals surface area contributed by atoms with Gasteiger partial charge in [-0.25, -0.2) is 4.79 Å². The van der Waals surface area contributed by atoms with Gasteiger partial charge in [-0.2, -0.15) is 0 Å². The molecule has 0 aliphatic carbocycles. The van der Waals surface area contributed by atoms with E-state index in [4.69, 9.17) is 0 Å². The topological polar surface area (TPSA) is 38.3 Å². The first-order chi connectivity index (χ1) is 7.26. The molecule has 0 amide bonds. The zero-order valence-corrected chi connectivity index (χ0v) is 8.99. The second-order valence-electron chi connectivity index (χ2n) is 3.04. The number of allylic oxidation sites excluding steroid dienone is 1. The van der Waals surface area contributed by atoms with Gasteiger partial charge in [0.1, 0.15) is 0 Å². The van der Waals surface area contributed by atoms with Crippen molar-refractivity contribution in [3.8, 4) is 0 Å². The Morgan fingerprint density at radius 2 is 2.07 bits per heavy atom. The van der Waals surface area contributed by atoms with E-state index < -0.39 is 0 Å². The van der Waals surface area contributed by atoms with Gasteiger partial charge in [0.15, 0.2) is 0 Å². The maximum absolute atomic E-state index is 11.0. The van der Waals surface area contributed by atoms with Gasteiger partial charge in [-0.15, -0.1) is 0 Å². The van der Waals surface area contributed by atoms with Gasteiger partial charge in [0.05, 0.1) is 7.11 Å². The fourth-order valence-electron chi connectivity index (χ4n) is 1.13. The van der Waals surface area contributed by atoms with Gasteiger partial charge in [-0.1, -0.05) is 25.1 Å². The Labute approximate surface area is 89.8 Å². The van der Waals surface area contributed by atoms with Crippen LogP contribution in [0.3, 0.4) is 0 Å². The Hall–Kier alpha value is -1.77. The fraction of sp³-hybridized carbons (Fsp3) is 0.250. The van der Waals surface area contributed by atoms with E-state index in [0.29, 0.717) is 0 Å². The Bertz CT molecular complexity index is 344. The van der Waals surface area contributed by atoms with Crippen molar-refractivity contribution in [2.75, 3.05) is 12.4 Å². The van der Waals surface area contributed by atoms with Gasteiger partial charge < -0.3 is 10.1 Å². The normalized spacial score (nSPS) is 10.9. The lowest BCUT2D eigenvalue weighted by Crippen LogP contribution is -2.03. The molecule has 0 spiro atoms. The third kappa shape index (κ3) is 3.85. The van der Waals surface area contributed by atoms with Crippen molar-refractivity contribution in [2.24, 2.45) is 0 Å². The lowest BCUT2D eigenvalue weighted by molar-refractivity contribution is -0.134. The number of para-hydroxylation sites is 1. The number of carbonyl (C=O) groups excluding carboxylic acids is 1. The summed E-state index contributed by atoms with van der Waals surface area (Å²) in [5.41, 5.74) is 1.81. The highest BCUT2D eigenvalue weighted by Gasteiger charge is 1.99. The minimum Gasteiger partial charge on any atom is -0.466 e. The SMILES string of the molecule is CCC(=CC(=O)OC)Nc1ccccc1. The lowest BCUT2D eigenvalue weighted by atomic mass is 10.2. The molecular weight excluding hydrogens is 190 g/mol. The summed E-state index contributed by atoms with van der Waals surface area (Å²) in [5.74, 6) is -0.338. The monoisotopic (exact) mass is 205 g/mol.